The van der Waals surface area contributed by atoms with Crippen LogP contribution in [0, 0.1) is 0 Å². The molecule has 0 bridgehead atoms. The average Bonchev–Trinajstić information content (AvgIpc) is 2.84. The third-order valence-electron chi connectivity index (χ3n) is 5.28. The summed E-state index contributed by atoms with van der Waals surface area (Å²) in [6.07, 6.45) is 1.78. The number of carbonyl (C=O) groups is 1. The summed E-state index contributed by atoms with van der Waals surface area (Å²) in [5, 5.41) is 2.81. The fourth-order valence-corrected chi connectivity index (χ4v) is 5.86. The molecule has 0 aromatic heterocycles. The summed E-state index contributed by atoms with van der Waals surface area (Å²) >= 11 is 1.29. The molecule has 1 heterocycles. The molecule has 1 aliphatic heterocycles. The fraction of sp³-hybridized carbons (Fsp3) is 0.160. The lowest BCUT2D eigenvalue weighted by Gasteiger charge is -2.20. The lowest BCUT2D eigenvalue weighted by molar-refractivity contribution is -0.112. The van der Waals surface area contributed by atoms with E-state index < -0.39 is 9.84 Å². The van der Waals surface area contributed by atoms with Crippen LogP contribution in [-0.4, -0.2) is 35.7 Å². The van der Waals surface area contributed by atoms with Gasteiger partial charge in [0.1, 0.15) is 17.2 Å². The number of sulfone groups is 1. The molecule has 1 amide bonds. The number of anilines is 1. The Morgan fingerprint density at radius 3 is 2.21 bits per heavy atom. The average molecular weight is 498 g/mol. The Bertz CT molecular complexity index is 1340. The van der Waals surface area contributed by atoms with Gasteiger partial charge >= 0.3 is 0 Å². The van der Waals surface area contributed by atoms with Gasteiger partial charge in [-0.1, -0.05) is 30.0 Å². The molecule has 9 heteroatoms. The first kappa shape index (κ1) is 23.7. The largest absolute Gasteiger partial charge is 0.497 e. The van der Waals surface area contributed by atoms with Crippen LogP contribution in [-0.2, 0) is 20.4 Å². The molecule has 3 aromatic carbocycles. The van der Waals surface area contributed by atoms with Crippen LogP contribution < -0.4 is 19.5 Å². The van der Waals surface area contributed by atoms with Crippen molar-refractivity contribution in [1.82, 2.24) is 0 Å². The Kier molecular flexibility index (Phi) is 6.85. The number of ether oxygens (including phenoxy) is 3. The van der Waals surface area contributed by atoms with E-state index in [1.807, 2.05) is 24.3 Å². The Morgan fingerprint density at radius 1 is 0.912 bits per heavy atom. The highest BCUT2D eigenvalue weighted by Crippen LogP contribution is 2.41. The first-order valence-electron chi connectivity index (χ1n) is 10.3. The molecule has 0 atom stereocenters. The van der Waals surface area contributed by atoms with E-state index in [1.54, 1.807) is 43.5 Å². The second-order valence-electron chi connectivity index (χ2n) is 7.40. The molecule has 0 fully saturated rings. The molecule has 34 heavy (non-hydrogen) atoms. The Balaban J connectivity index is 1.61. The Morgan fingerprint density at radius 2 is 1.59 bits per heavy atom. The molecular formula is C25H23NO6S2. The molecule has 0 radical (unpaired) electrons. The predicted molar refractivity (Wildman–Crippen MR) is 132 cm³/mol. The maximum atomic E-state index is 13.2. The zero-order chi connectivity index (χ0) is 24.3. The van der Waals surface area contributed by atoms with E-state index in [2.05, 4.69) is 5.32 Å². The van der Waals surface area contributed by atoms with Gasteiger partial charge in [0.2, 0.25) is 0 Å². The highest BCUT2D eigenvalue weighted by atomic mass is 32.2. The van der Waals surface area contributed by atoms with Gasteiger partial charge < -0.3 is 19.5 Å². The molecule has 0 saturated heterocycles. The van der Waals surface area contributed by atoms with Crippen LogP contribution in [0.3, 0.4) is 0 Å². The van der Waals surface area contributed by atoms with E-state index in [0.29, 0.717) is 27.7 Å². The number of methoxy groups -OCH3 is 3. The zero-order valence-corrected chi connectivity index (χ0v) is 20.5. The van der Waals surface area contributed by atoms with Gasteiger partial charge in [-0.25, -0.2) is 8.42 Å². The van der Waals surface area contributed by atoms with Crippen LogP contribution in [0.15, 0.2) is 75.4 Å². The number of amides is 1. The zero-order valence-electron chi connectivity index (χ0n) is 18.8. The van der Waals surface area contributed by atoms with Gasteiger partial charge in [-0.2, -0.15) is 0 Å². The van der Waals surface area contributed by atoms with Crippen LogP contribution in [0.25, 0.3) is 6.08 Å². The second kappa shape index (κ2) is 9.82. The van der Waals surface area contributed by atoms with Gasteiger partial charge in [-0.3, -0.25) is 4.79 Å². The third kappa shape index (κ3) is 4.90. The Hall–Kier alpha value is -3.43. The number of fused-ring (bicyclic) bond motifs is 1. The molecule has 0 unspecified atom stereocenters. The molecule has 0 spiro atoms. The van der Waals surface area contributed by atoms with Crippen molar-refractivity contribution in [2.75, 3.05) is 26.6 Å². The van der Waals surface area contributed by atoms with Crippen molar-refractivity contribution in [2.45, 2.75) is 15.5 Å². The van der Waals surface area contributed by atoms with Gasteiger partial charge in [-0.15, -0.1) is 0 Å². The van der Waals surface area contributed by atoms with Crippen molar-refractivity contribution in [3.05, 3.63) is 76.7 Å². The van der Waals surface area contributed by atoms with Gasteiger partial charge in [0.15, 0.2) is 9.84 Å². The predicted octanol–water partition coefficient (Wildman–Crippen LogP) is 4.77. The molecule has 1 aliphatic rings. The minimum absolute atomic E-state index is 0.0997. The minimum atomic E-state index is -3.75. The molecule has 7 nitrogen and oxygen atoms in total. The third-order valence-corrected chi connectivity index (χ3v) is 8.02. The summed E-state index contributed by atoms with van der Waals surface area (Å²) in [5.41, 5.74) is 1.75. The number of hydrogen-bond acceptors (Lipinski definition) is 7. The van der Waals surface area contributed by atoms with Crippen molar-refractivity contribution < 1.29 is 27.4 Å². The lowest BCUT2D eigenvalue weighted by Crippen LogP contribution is -2.18. The maximum absolute atomic E-state index is 13.2. The van der Waals surface area contributed by atoms with Crippen molar-refractivity contribution >= 4 is 39.3 Å². The number of benzene rings is 3. The van der Waals surface area contributed by atoms with Crippen molar-refractivity contribution in [3.8, 4) is 17.2 Å². The molecule has 4 rings (SSSR count). The summed E-state index contributed by atoms with van der Waals surface area (Å²) in [5.74, 6) is 0.987. The van der Waals surface area contributed by atoms with E-state index in [-0.39, 0.29) is 16.6 Å². The summed E-state index contributed by atoms with van der Waals surface area (Å²) in [4.78, 5) is 14.1. The lowest BCUT2D eigenvalue weighted by atomic mass is 10.2. The number of thioether (sulfide) groups is 1. The van der Waals surface area contributed by atoms with Gasteiger partial charge in [-0.05, 0) is 54.1 Å². The van der Waals surface area contributed by atoms with Crippen molar-refractivity contribution in [1.29, 1.82) is 0 Å². The smallest absolute Gasteiger partial charge is 0.262 e. The summed E-state index contributed by atoms with van der Waals surface area (Å²) in [6, 6.07) is 17.2. The van der Waals surface area contributed by atoms with E-state index in [0.717, 1.165) is 16.2 Å². The molecule has 1 N–H and O–H groups in total. The first-order chi connectivity index (χ1) is 16.3. The van der Waals surface area contributed by atoms with Crippen molar-refractivity contribution in [2.24, 2.45) is 0 Å². The highest BCUT2D eigenvalue weighted by molar-refractivity contribution is 8.04. The van der Waals surface area contributed by atoms with E-state index in [4.69, 9.17) is 14.2 Å². The molecule has 0 saturated carbocycles. The number of carbonyl (C=O) groups excluding carboxylic acids is 1. The van der Waals surface area contributed by atoms with Gasteiger partial charge in [0, 0.05) is 4.90 Å². The quantitative estimate of drug-likeness (QED) is 0.470. The maximum Gasteiger partial charge on any atom is 0.262 e. The molecule has 0 aliphatic carbocycles. The topological polar surface area (TPSA) is 90.9 Å². The number of rotatable bonds is 7. The van der Waals surface area contributed by atoms with Crippen molar-refractivity contribution in [3.63, 3.8) is 0 Å². The molecule has 176 valence electrons. The van der Waals surface area contributed by atoms with Crippen LogP contribution in [0.5, 0.6) is 17.2 Å². The second-order valence-corrected chi connectivity index (χ2v) is 10.5. The molecular weight excluding hydrogens is 474 g/mol. The van der Waals surface area contributed by atoms with E-state index in [1.165, 1.54) is 32.0 Å². The van der Waals surface area contributed by atoms with Crippen LogP contribution in [0.1, 0.15) is 11.1 Å². The van der Waals surface area contributed by atoms with E-state index in [9.17, 15) is 13.2 Å². The molecule has 3 aromatic rings. The van der Waals surface area contributed by atoms with Crippen LogP contribution in [0.2, 0.25) is 0 Å². The highest BCUT2D eigenvalue weighted by Gasteiger charge is 2.26. The van der Waals surface area contributed by atoms with E-state index >= 15 is 0 Å². The van der Waals surface area contributed by atoms with Crippen LogP contribution >= 0.6 is 11.8 Å². The summed E-state index contributed by atoms with van der Waals surface area (Å²) in [6.45, 7) is 0. The first-order valence-corrected chi connectivity index (χ1v) is 12.7. The number of hydrogen-bond donors (Lipinski definition) is 1. The normalized spacial score (nSPS) is 14.3. The SMILES string of the molecule is COc1ccc(/C=C2\Sc3ccc(S(=O)(=O)Cc4c(OC)cccc4OC)cc3NC2=O)cc1. The number of nitrogens with one attached hydrogen (secondary N) is 1. The summed E-state index contributed by atoms with van der Waals surface area (Å²) < 4.78 is 42.2. The standard InChI is InChI=1S/C25H23NO6S2/c1-30-17-9-7-16(8-10-17)13-24-25(27)26-20-14-18(11-12-23(20)33-24)34(28,29)15-19-21(31-2)5-4-6-22(19)32-3/h4-14H,15H2,1-3H3,(H,26,27)/b24-13-. The summed E-state index contributed by atoms with van der Waals surface area (Å²) in [7, 11) is 0.808. The monoisotopic (exact) mass is 497 g/mol. The Labute approximate surface area is 202 Å². The van der Waals surface area contributed by atoms with Gasteiger partial charge in [0.25, 0.3) is 5.91 Å². The minimum Gasteiger partial charge on any atom is -0.497 e. The fourth-order valence-electron chi connectivity index (χ4n) is 3.53. The van der Waals surface area contributed by atoms with Crippen LogP contribution in [0.4, 0.5) is 5.69 Å². The van der Waals surface area contributed by atoms with Gasteiger partial charge in [0.05, 0.1) is 48.1 Å².